The molecule has 0 unspecified atom stereocenters. The van der Waals surface area contributed by atoms with Crippen LogP contribution in [0.15, 0.2) is 47.5 Å². The second-order valence-corrected chi connectivity index (χ2v) is 9.16. The number of thioether (sulfide) groups is 1. The Labute approximate surface area is 201 Å². The molecule has 1 atom stereocenters. The Morgan fingerprint density at radius 1 is 1.26 bits per heavy atom. The molecule has 2 aromatic heterocycles. The van der Waals surface area contributed by atoms with E-state index in [0.29, 0.717) is 24.7 Å². The number of methoxy groups -OCH3 is 1. The molecule has 1 fully saturated rings. The Kier molecular flexibility index (Phi) is 6.50. The number of benzene rings is 1. The Morgan fingerprint density at radius 2 is 2.18 bits per heavy atom. The van der Waals surface area contributed by atoms with E-state index in [1.807, 2.05) is 30.3 Å². The summed E-state index contributed by atoms with van der Waals surface area (Å²) in [6, 6.07) is 11.3. The standard InChI is InChI=1S/C24H25N5O4S/c1-32-22-7-5-18-23(28-22)15(8-10-26-18)12-25-9-2-3-17-13-29(24(31)33-17)16-4-6-20-19(11-16)27-21(30)14-34-20/h4-8,10-11,17,25H,2-3,9,12-14H2,1H3,(H,27,30)/t17-/m1/s1. The van der Waals surface area contributed by atoms with Gasteiger partial charge >= 0.3 is 6.09 Å². The molecule has 4 heterocycles. The fraction of sp³-hybridized carbons (Fsp3) is 0.333. The minimum atomic E-state index is -0.351. The largest absolute Gasteiger partial charge is 0.481 e. The number of ether oxygens (including phenoxy) is 2. The fourth-order valence-electron chi connectivity index (χ4n) is 4.12. The molecule has 2 amide bonds. The van der Waals surface area contributed by atoms with Crippen LogP contribution in [0.5, 0.6) is 5.88 Å². The summed E-state index contributed by atoms with van der Waals surface area (Å²) in [7, 11) is 1.60. The first-order valence-corrected chi connectivity index (χ1v) is 12.1. The maximum Gasteiger partial charge on any atom is 0.414 e. The van der Waals surface area contributed by atoms with Crippen molar-refractivity contribution < 1.29 is 19.1 Å². The van der Waals surface area contributed by atoms with Crippen molar-refractivity contribution in [1.82, 2.24) is 15.3 Å². The average molecular weight is 480 g/mol. The summed E-state index contributed by atoms with van der Waals surface area (Å²) in [5.41, 5.74) is 4.20. The number of cyclic esters (lactones) is 1. The summed E-state index contributed by atoms with van der Waals surface area (Å²) in [5.74, 6) is 0.948. The number of nitrogens with zero attached hydrogens (tertiary/aromatic N) is 3. The number of hydrogen-bond donors (Lipinski definition) is 2. The van der Waals surface area contributed by atoms with Crippen LogP contribution in [0.2, 0.25) is 0 Å². The van der Waals surface area contributed by atoms with E-state index in [2.05, 4.69) is 20.6 Å². The minimum absolute atomic E-state index is 0.0290. The average Bonchev–Trinajstić information content (AvgIpc) is 3.23. The monoisotopic (exact) mass is 479 g/mol. The van der Waals surface area contributed by atoms with Crippen LogP contribution >= 0.6 is 11.8 Å². The number of nitrogens with one attached hydrogen (secondary N) is 2. The van der Waals surface area contributed by atoms with Gasteiger partial charge in [-0.25, -0.2) is 9.78 Å². The summed E-state index contributed by atoms with van der Waals surface area (Å²) in [5, 5.41) is 6.31. The summed E-state index contributed by atoms with van der Waals surface area (Å²) in [6.45, 7) is 1.94. The van der Waals surface area contributed by atoms with Crippen molar-refractivity contribution >= 4 is 46.2 Å². The molecule has 176 valence electrons. The van der Waals surface area contributed by atoms with Gasteiger partial charge in [-0.15, -0.1) is 11.8 Å². The molecule has 1 aromatic carbocycles. The predicted octanol–water partition coefficient (Wildman–Crippen LogP) is 3.58. The zero-order valence-electron chi connectivity index (χ0n) is 18.7. The minimum Gasteiger partial charge on any atom is -0.481 e. The number of carbonyl (C=O) groups excluding carboxylic acids is 2. The van der Waals surface area contributed by atoms with E-state index in [1.165, 1.54) is 11.8 Å². The molecule has 0 spiro atoms. The number of pyridine rings is 2. The second-order valence-electron chi connectivity index (χ2n) is 8.14. The lowest BCUT2D eigenvalue weighted by Crippen LogP contribution is -2.25. The van der Waals surface area contributed by atoms with Gasteiger partial charge in [0.2, 0.25) is 11.8 Å². The molecule has 5 rings (SSSR count). The number of hydrogen-bond acceptors (Lipinski definition) is 8. The van der Waals surface area contributed by atoms with Crippen molar-refractivity contribution in [1.29, 1.82) is 0 Å². The first kappa shape index (κ1) is 22.4. The molecule has 10 heteroatoms. The maximum atomic E-state index is 12.4. The van der Waals surface area contributed by atoms with E-state index in [9.17, 15) is 9.59 Å². The van der Waals surface area contributed by atoms with E-state index >= 15 is 0 Å². The number of amides is 2. The van der Waals surface area contributed by atoms with Gasteiger partial charge in [0.25, 0.3) is 0 Å². The molecule has 3 aromatic rings. The van der Waals surface area contributed by atoms with Crippen LogP contribution in [0, 0.1) is 0 Å². The topological polar surface area (TPSA) is 106 Å². The molecule has 0 radical (unpaired) electrons. The molecular formula is C24H25N5O4S. The summed E-state index contributed by atoms with van der Waals surface area (Å²) < 4.78 is 10.8. The van der Waals surface area contributed by atoms with Crippen LogP contribution < -0.4 is 20.3 Å². The third kappa shape index (κ3) is 4.78. The molecule has 2 aliphatic heterocycles. The van der Waals surface area contributed by atoms with Crippen LogP contribution in [-0.2, 0) is 16.1 Å². The zero-order valence-corrected chi connectivity index (χ0v) is 19.6. The molecule has 1 saturated heterocycles. The van der Waals surface area contributed by atoms with Crippen molar-refractivity contribution in [2.75, 3.05) is 36.2 Å². The van der Waals surface area contributed by atoms with E-state index in [4.69, 9.17) is 9.47 Å². The fourth-order valence-corrected chi connectivity index (χ4v) is 4.91. The summed E-state index contributed by atoms with van der Waals surface area (Å²) >= 11 is 1.50. The van der Waals surface area contributed by atoms with E-state index in [1.54, 1.807) is 24.3 Å². The SMILES string of the molecule is COc1ccc2nccc(CNCCC[C@@H]3CN(c4ccc5c(c4)NC(=O)CS5)C(=O)O3)c2n1. The molecule has 0 aliphatic carbocycles. The number of aromatic nitrogens is 2. The van der Waals surface area contributed by atoms with Crippen molar-refractivity contribution in [3.63, 3.8) is 0 Å². The summed E-state index contributed by atoms with van der Waals surface area (Å²) in [6.07, 6.45) is 2.89. The van der Waals surface area contributed by atoms with Crippen LogP contribution in [0.4, 0.5) is 16.2 Å². The maximum absolute atomic E-state index is 12.4. The molecule has 0 bridgehead atoms. The van der Waals surface area contributed by atoms with E-state index in [-0.39, 0.29) is 18.1 Å². The number of anilines is 2. The van der Waals surface area contributed by atoms with Crippen molar-refractivity contribution in [2.45, 2.75) is 30.4 Å². The Balaban J connectivity index is 1.12. The molecule has 9 nitrogen and oxygen atoms in total. The van der Waals surface area contributed by atoms with Crippen molar-refractivity contribution in [2.24, 2.45) is 0 Å². The third-order valence-corrected chi connectivity index (χ3v) is 6.90. The molecule has 0 saturated carbocycles. The normalized spacial score (nSPS) is 17.4. The lowest BCUT2D eigenvalue weighted by atomic mass is 10.1. The molecule has 34 heavy (non-hydrogen) atoms. The number of rotatable bonds is 8. The lowest BCUT2D eigenvalue weighted by Gasteiger charge is -2.20. The lowest BCUT2D eigenvalue weighted by molar-refractivity contribution is -0.113. The van der Waals surface area contributed by atoms with Crippen LogP contribution in [0.3, 0.4) is 0 Å². The molecular weight excluding hydrogens is 454 g/mol. The first-order chi connectivity index (χ1) is 16.6. The highest BCUT2D eigenvalue weighted by Crippen LogP contribution is 2.35. The van der Waals surface area contributed by atoms with Crippen LogP contribution in [-0.4, -0.2) is 54.0 Å². The quantitative estimate of drug-likeness (QED) is 0.473. The Hall–Kier alpha value is -3.37. The van der Waals surface area contributed by atoms with E-state index < -0.39 is 0 Å². The van der Waals surface area contributed by atoms with Gasteiger partial charge in [0.1, 0.15) is 6.10 Å². The number of fused-ring (bicyclic) bond motifs is 2. The van der Waals surface area contributed by atoms with Gasteiger partial charge in [0.15, 0.2) is 0 Å². The van der Waals surface area contributed by atoms with Crippen LogP contribution in [0.1, 0.15) is 18.4 Å². The third-order valence-electron chi connectivity index (χ3n) is 5.83. The molecule has 2 aliphatic rings. The highest BCUT2D eigenvalue weighted by atomic mass is 32.2. The van der Waals surface area contributed by atoms with Gasteiger partial charge in [-0.3, -0.25) is 14.7 Å². The van der Waals surface area contributed by atoms with Gasteiger partial charge in [0.05, 0.1) is 36.1 Å². The van der Waals surface area contributed by atoms with E-state index in [0.717, 1.165) is 52.3 Å². The highest BCUT2D eigenvalue weighted by molar-refractivity contribution is 8.00. The van der Waals surface area contributed by atoms with Crippen LogP contribution in [0.25, 0.3) is 11.0 Å². The number of carbonyl (C=O) groups is 2. The van der Waals surface area contributed by atoms with Gasteiger partial charge in [-0.1, -0.05) is 0 Å². The van der Waals surface area contributed by atoms with Crippen molar-refractivity contribution in [3.8, 4) is 5.88 Å². The smallest absolute Gasteiger partial charge is 0.414 e. The van der Waals surface area contributed by atoms with Gasteiger partial charge in [-0.05, 0) is 55.3 Å². The first-order valence-electron chi connectivity index (χ1n) is 11.1. The van der Waals surface area contributed by atoms with Gasteiger partial charge in [-0.2, -0.15) is 0 Å². The second kappa shape index (κ2) is 9.86. The molecule has 2 N–H and O–H groups in total. The zero-order chi connectivity index (χ0) is 23.5. The predicted molar refractivity (Wildman–Crippen MR) is 130 cm³/mol. The van der Waals surface area contributed by atoms with Crippen molar-refractivity contribution in [3.05, 3.63) is 48.2 Å². The Morgan fingerprint density at radius 3 is 3.06 bits per heavy atom. The summed E-state index contributed by atoms with van der Waals surface area (Å²) in [4.78, 5) is 35.6. The highest BCUT2D eigenvalue weighted by Gasteiger charge is 2.32. The van der Waals surface area contributed by atoms with Gasteiger partial charge < -0.3 is 20.1 Å². The Bertz CT molecular complexity index is 1240. The van der Waals surface area contributed by atoms with Gasteiger partial charge in [0, 0.05) is 29.4 Å².